The smallest absolute Gasteiger partial charge is 0.142 e. The number of hydrogen-bond acceptors (Lipinski definition) is 2. The lowest BCUT2D eigenvalue weighted by atomic mass is 10.2. The van der Waals surface area contributed by atoms with E-state index in [1.54, 1.807) is 24.3 Å². The Bertz CT molecular complexity index is 649. The molecule has 6 heteroatoms. The summed E-state index contributed by atoms with van der Waals surface area (Å²) in [6, 6.07) is 9.19. The molecule has 0 saturated carbocycles. The van der Waals surface area contributed by atoms with E-state index in [9.17, 15) is 8.60 Å². The van der Waals surface area contributed by atoms with Crippen molar-refractivity contribution in [3.8, 4) is 0 Å². The minimum Gasteiger partial charge on any atom is -0.398 e. The van der Waals surface area contributed by atoms with E-state index < -0.39 is 16.6 Å². The van der Waals surface area contributed by atoms with Crippen molar-refractivity contribution in [3.05, 3.63) is 57.8 Å². The number of nitrogens with two attached hydrogens (primary N) is 1. The number of halogens is 3. The van der Waals surface area contributed by atoms with Crippen molar-refractivity contribution in [3.63, 3.8) is 0 Å². The molecular formula is C13H10Cl2FNOS. The van der Waals surface area contributed by atoms with E-state index in [-0.39, 0.29) is 10.8 Å². The summed E-state index contributed by atoms with van der Waals surface area (Å²) in [6.45, 7) is 0. The molecule has 2 N–H and O–H groups in total. The molecule has 0 heterocycles. The third-order valence-corrected chi connectivity index (χ3v) is 4.66. The molecule has 0 amide bonds. The molecule has 2 rings (SSSR count). The van der Waals surface area contributed by atoms with Crippen molar-refractivity contribution in [2.24, 2.45) is 0 Å². The van der Waals surface area contributed by atoms with Gasteiger partial charge in [0.05, 0.1) is 32.3 Å². The normalized spacial score (nSPS) is 12.4. The lowest BCUT2D eigenvalue weighted by molar-refractivity contribution is 0.626. The van der Waals surface area contributed by atoms with Crippen molar-refractivity contribution in [2.75, 3.05) is 5.73 Å². The summed E-state index contributed by atoms with van der Waals surface area (Å²) in [5, 5.41) is 0.341. The van der Waals surface area contributed by atoms with Crippen molar-refractivity contribution in [1.82, 2.24) is 0 Å². The van der Waals surface area contributed by atoms with E-state index >= 15 is 0 Å². The van der Waals surface area contributed by atoms with E-state index in [0.29, 0.717) is 21.2 Å². The number of benzene rings is 2. The van der Waals surface area contributed by atoms with Gasteiger partial charge in [-0.05, 0) is 29.8 Å². The fraction of sp³-hybridized carbons (Fsp3) is 0.0769. The van der Waals surface area contributed by atoms with Crippen LogP contribution in [0.5, 0.6) is 0 Å². The van der Waals surface area contributed by atoms with Crippen LogP contribution in [0, 0.1) is 5.82 Å². The highest BCUT2D eigenvalue weighted by molar-refractivity contribution is 7.84. The Morgan fingerprint density at radius 1 is 1.21 bits per heavy atom. The van der Waals surface area contributed by atoms with Gasteiger partial charge in [-0.1, -0.05) is 35.3 Å². The van der Waals surface area contributed by atoms with Gasteiger partial charge in [0.1, 0.15) is 5.82 Å². The maximum Gasteiger partial charge on any atom is 0.142 e. The number of anilines is 1. The second kappa shape index (κ2) is 5.90. The third kappa shape index (κ3) is 3.26. The Morgan fingerprint density at radius 2 is 1.95 bits per heavy atom. The van der Waals surface area contributed by atoms with Crippen molar-refractivity contribution < 1.29 is 8.60 Å². The SMILES string of the molecule is Nc1ccc(S(=O)Cc2cccc(F)c2Cl)cc1Cl. The van der Waals surface area contributed by atoms with Gasteiger partial charge < -0.3 is 5.73 Å². The highest BCUT2D eigenvalue weighted by Crippen LogP contribution is 2.25. The van der Waals surface area contributed by atoms with Gasteiger partial charge in [-0.25, -0.2) is 4.39 Å². The molecule has 1 unspecified atom stereocenters. The molecule has 2 aromatic carbocycles. The molecule has 0 aliphatic carbocycles. The van der Waals surface area contributed by atoms with Crippen molar-refractivity contribution >= 4 is 39.7 Å². The van der Waals surface area contributed by atoms with Crippen LogP contribution in [0.15, 0.2) is 41.3 Å². The van der Waals surface area contributed by atoms with Crippen LogP contribution in [-0.2, 0) is 16.6 Å². The van der Waals surface area contributed by atoms with Gasteiger partial charge in [0.25, 0.3) is 0 Å². The van der Waals surface area contributed by atoms with Crippen LogP contribution in [0.2, 0.25) is 10.0 Å². The molecule has 0 radical (unpaired) electrons. The van der Waals surface area contributed by atoms with Crippen LogP contribution in [0.1, 0.15) is 5.56 Å². The first-order chi connectivity index (χ1) is 8.99. The molecule has 0 fully saturated rings. The lowest BCUT2D eigenvalue weighted by Gasteiger charge is -2.06. The van der Waals surface area contributed by atoms with Gasteiger partial charge in [0.15, 0.2) is 0 Å². The summed E-state index contributed by atoms with van der Waals surface area (Å²) in [5.74, 6) is -0.400. The number of rotatable bonds is 3. The quantitative estimate of drug-likeness (QED) is 0.869. The number of hydrogen-bond donors (Lipinski definition) is 1. The van der Waals surface area contributed by atoms with Crippen LogP contribution in [-0.4, -0.2) is 4.21 Å². The first-order valence-electron chi connectivity index (χ1n) is 5.35. The maximum atomic E-state index is 13.3. The van der Waals surface area contributed by atoms with Crippen LogP contribution in [0.4, 0.5) is 10.1 Å². The Labute approximate surface area is 122 Å². The predicted octanol–water partition coefficient (Wildman–Crippen LogP) is 4.02. The molecule has 2 nitrogen and oxygen atoms in total. The molecule has 100 valence electrons. The number of nitrogen functional groups attached to an aromatic ring is 1. The molecule has 0 aliphatic heterocycles. The summed E-state index contributed by atoms with van der Waals surface area (Å²) in [5.41, 5.74) is 6.50. The molecule has 2 aromatic rings. The largest absolute Gasteiger partial charge is 0.398 e. The first-order valence-corrected chi connectivity index (χ1v) is 7.43. The Kier molecular flexibility index (Phi) is 4.45. The van der Waals surface area contributed by atoms with Gasteiger partial charge in [-0.3, -0.25) is 4.21 Å². The predicted molar refractivity (Wildman–Crippen MR) is 77.4 cm³/mol. The van der Waals surface area contributed by atoms with Gasteiger partial charge in [-0.2, -0.15) is 0 Å². The van der Waals surface area contributed by atoms with Crippen molar-refractivity contribution in [1.29, 1.82) is 0 Å². The van der Waals surface area contributed by atoms with Crippen LogP contribution in [0.25, 0.3) is 0 Å². The van der Waals surface area contributed by atoms with Crippen LogP contribution < -0.4 is 5.73 Å². The fourth-order valence-corrected chi connectivity index (χ4v) is 3.21. The maximum absolute atomic E-state index is 13.3. The molecule has 19 heavy (non-hydrogen) atoms. The summed E-state index contributed by atoms with van der Waals surface area (Å²) < 4.78 is 25.5. The summed E-state index contributed by atoms with van der Waals surface area (Å²) in [4.78, 5) is 0.527. The zero-order valence-electron chi connectivity index (χ0n) is 9.70. The molecule has 1 atom stereocenters. The standard InChI is InChI=1S/C13H10Cl2FNOS/c14-10-6-9(4-5-12(10)17)19(18)7-8-2-1-3-11(16)13(8)15/h1-6H,7,17H2. The minimum absolute atomic E-state index is 0.00241. The third-order valence-electron chi connectivity index (χ3n) is 2.55. The molecular weight excluding hydrogens is 308 g/mol. The Hall–Kier alpha value is -1.10. The molecule has 0 saturated heterocycles. The van der Waals surface area contributed by atoms with E-state index in [1.165, 1.54) is 12.1 Å². The highest BCUT2D eigenvalue weighted by Gasteiger charge is 2.11. The first kappa shape index (κ1) is 14.3. The summed E-state index contributed by atoms with van der Waals surface area (Å²) >= 11 is 11.7. The van der Waals surface area contributed by atoms with Gasteiger partial charge in [0.2, 0.25) is 0 Å². The molecule has 0 bridgehead atoms. The fourth-order valence-electron chi connectivity index (χ4n) is 1.53. The van der Waals surface area contributed by atoms with E-state index in [4.69, 9.17) is 28.9 Å². The summed E-state index contributed by atoms with van der Waals surface area (Å²) in [6.07, 6.45) is 0. The van der Waals surface area contributed by atoms with Crippen LogP contribution >= 0.6 is 23.2 Å². The zero-order valence-corrected chi connectivity index (χ0v) is 12.0. The minimum atomic E-state index is -1.36. The average Bonchev–Trinajstić information content (AvgIpc) is 2.38. The molecule has 0 aliphatic rings. The lowest BCUT2D eigenvalue weighted by Crippen LogP contribution is -1.99. The summed E-state index contributed by atoms with van der Waals surface area (Å²) in [7, 11) is -1.36. The average molecular weight is 318 g/mol. The second-order valence-electron chi connectivity index (χ2n) is 3.89. The van der Waals surface area contributed by atoms with E-state index in [2.05, 4.69) is 0 Å². The highest BCUT2D eigenvalue weighted by atomic mass is 35.5. The monoisotopic (exact) mass is 317 g/mol. The van der Waals surface area contributed by atoms with Gasteiger partial charge in [0, 0.05) is 4.90 Å². The van der Waals surface area contributed by atoms with Gasteiger partial charge in [-0.15, -0.1) is 0 Å². The second-order valence-corrected chi connectivity index (χ2v) is 6.12. The van der Waals surface area contributed by atoms with Gasteiger partial charge >= 0.3 is 0 Å². The Balaban J connectivity index is 2.26. The van der Waals surface area contributed by atoms with Crippen molar-refractivity contribution in [2.45, 2.75) is 10.6 Å². The Morgan fingerprint density at radius 3 is 2.63 bits per heavy atom. The molecule has 0 aromatic heterocycles. The molecule has 0 spiro atoms. The topological polar surface area (TPSA) is 43.1 Å². The van der Waals surface area contributed by atoms with E-state index in [1.807, 2.05) is 0 Å². The van der Waals surface area contributed by atoms with E-state index in [0.717, 1.165) is 0 Å². The zero-order chi connectivity index (χ0) is 14.0. The van der Waals surface area contributed by atoms with Crippen LogP contribution in [0.3, 0.4) is 0 Å².